The largest absolute Gasteiger partial charge is 0.425 e. The van der Waals surface area contributed by atoms with Crippen LogP contribution in [0.3, 0.4) is 0 Å². The van der Waals surface area contributed by atoms with Crippen LogP contribution in [-0.2, 0) is 0 Å². The van der Waals surface area contributed by atoms with Gasteiger partial charge in [0.15, 0.2) is 5.57 Å². The third-order valence-corrected chi connectivity index (χ3v) is 1.17. The molecule has 1 nitrogen and oxygen atoms in total. The van der Waals surface area contributed by atoms with Gasteiger partial charge in [0, 0.05) is 14.1 Å². The van der Waals surface area contributed by atoms with Gasteiger partial charge in [0.25, 0.3) is 0 Å². The maximum atomic E-state index is 12.5. The van der Waals surface area contributed by atoms with Crippen molar-refractivity contribution in [3.05, 3.63) is 11.5 Å². The summed E-state index contributed by atoms with van der Waals surface area (Å²) in [6.07, 6.45) is -11.5. The molecular formula is C6H6F7N. The fourth-order valence-electron chi connectivity index (χ4n) is 0.618. The second kappa shape index (κ2) is 3.66. The van der Waals surface area contributed by atoms with Crippen LogP contribution in [0, 0.1) is 0 Å². The van der Waals surface area contributed by atoms with Crippen LogP contribution < -0.4 is 0 Å². The van der Waals surface area contributed by atoms with E-state index in [0.717, 1.165) is 14.1 Å². The van der Waals surface area contributed by atoms with E-state index in [1.165, 1.54) is 0 Å². The molecule has 0 N–H and O–H groups in total. The quantitative estimate of drug-likeness (QED) is 0.490. The van der Waals surface area contributed by atoms with E-state index < -0.39 is 23.9 Å². The number of hydrogen-bond acceptors (Lipinski definition) is 1. The van der Waals surface area contributed by atoms with Crippen molar-refractivity contribution in [2.75, 3.05) is 14.1 Å². The Morgan fingerprint density at radius 1 is 0.857 bits per heavy atom. The topological polar surface area (TPSA) is 3.24 Å². The lowest BCUT2D eigenvalue weighted by atomic mass is 10.2. The van der Waals surface area contributed by atoms with Crippen molar-refractivity contribution in [2.45, 2.75) is 12.4 Å². The Labute approximate surface area is 74.8 Å². The van der Waals surface area contributed by atoms with Crippen LogP contribution in [0.5, 0.6) is 0 Å². The Kier molecular flexibility index (Phi) is 3.41. The van der Waals surface area contributed by atoms with Crippen molar-refractivity contribution in [3.8, 4) is 0 Å². The van der Waals surface area contributed by atoms with Gasteiger partial charge >= 0.3 is 12.4 Å². The van der Waals surface area contributed by atoms with Crippen LogP contribution in [0.2, 0.25) is 0 Å². The summed E-state index contributed by atoms with van der Waals surface area (Å²) in [6, 6.07) is 0. The molecule has 0 unspecified atom stereocenters. The molecule has 0 atom stereocenters. The molecule has 0 spiro atoms. The second-order valence-electron chi connectivity index (χ2n) is 2.56. The summed E-state index contributed by atoms with van der Waals surface area (Å²) in [5, 5.41) is 0. The standard InChI is InChI=1S/C6H6F7N/c1-14(2)4(7)3(5(8,9)10)6(11,12)13/h1-2H3. The zero-order valence-electron chi connectivity index (χ0n) is 7.09. The number of nitrogens with zero attached hydrogens (tertiary/aromatic N) is 1. The molecule has 0 bridgehead atoms. The number of halogens is 7. The normalized spacial score (nSPS) is 12.6. The van der Waals surface area contributed by atoms with Crippen LogP contribution in [0.25, 0.3) is 0 Å². The van der Waals surface area contributed by atoms with Crippen LogP contribution in [-0.4, -0.2) is 31.3 Å². The predicted octanol–water partition coefficient (Wildman–Crippen LogP) is 2.85. The summed E-state index contributed by atoms with van der Waals surface area (Å²) in [7, 11) is 1.49. The number of alkyl halides is 6. The van der Waals surface area contributed by atoms with Gasteiger partial charge in [0.05, 0.1) is 0 Å². The molecule has 0 amide bonds. The molecular weight excluding hydrogens is 219 g/mol. The number of allylic oxidation sites excluding steroid dienone is 1. The van der Waals surface area contributed by atoms with E-state index in [1.54, 1.807) is 0 Å². The number of hydrogen-bond donors (Lipinski definition) is 0. The average molecular weight is 225 g/mol. The smallest absolute Gasteiger partial charge is 0.354 e. The highest BCUT2D eigenvalue weighted by Gasteiger charge is 2.54. The zero-order valence-corrected chi connectivity index (χ0v) is 7.09. The first kappa shape index (κ1) is 13.0. The van der Waals surface area contributed by atoms with Gasteiger partial charge in [0.1, 0.15) is 0 Å². The third-order valence-electron chi connectivity index (χ3n) is 1.17. The van der Waals surface area contributed by atoms with Crippen LogP contribution in [0.1, 0.15) is 0 Å². The Bertz CT molecular complexity index is 218. The molecule has 0 heterocycles. The Hall–Kier alpha value is -0.950. The molecule has 0 aliphatic heterocycles. The van der Waals surface area contributed by atoms with Crippen molar-refractivity contribution in [1.82, 2.24) is 4.90 Å². The highest BCUT2D eigenvalue weighted by Crippen LogP contribution is 2.41. The van der Waals surface area contributed by atoms with Gasteiger partial charge in [-0.3, -0.25) is 0 Å². The van der Waals surface area contributed by atoms with Crippen LogP contribution in [0.15, 0.2) is 11.5 Å². The van der Waals surface area contributed by atoms with Crippen molar-refractivity contribution in [3.63, 3.8) is 0 Å². The SMILES string of the molecule is CN(C)C(F)=C(C(F)(F)F)C(F)(F)F. The predicted molar refractivity (Wildman–Crippen MR) is 33.9 cm³/mol. The molecule has 0 aromatic carbocycles. The minimum absolute atomic E-state index is 0.107. The van der Waals surface area contributed by atoms with Gasteiger partial charge in [0.2, 0.25) is 5.95 Å². The van der Waals surface area contributed by atoms with Gasteiger partial charge in [-0.25, -0.2) is 0 Å². The number of rotatable bonds is 1. The molecule has 8 heteroatoms. The summed E-state index contributed by atoms with van der Waals surface area (Å²) in [5.41, 5.74) is -3.13. The second-order valence-corrected chi connectivity index (χ2v) is 2.56. The lowest BCUT2D eigenvalue weighted by molar-refractivity contribution is -0.176. The molecule has 0 aliphatic carbocycles. The summed E-state index contributed by atoms with van der Waals surface area (Å²) < 4.78 is 83.2. The monoisotopic (exact) mass is 225 g/mol. The van der Waals surface area contributed by atoms with E-state index in [2.05, 4.69) is 0 Å². The maximum Gasteiger partial charge on any atom is 0.425 e. The molecule has 14 heavy (non-hydrogen) atoms. The van der Waals surface area contributed by atoms with E-state index >= 15 is 0 Å². The van der Waals surface area contributed by atoms with Gasteiger partial charge < -0.3 is 4.90 Å². The average Bonchev–Trinajstić information content (AvgIpc) is 1.79. The van der Waals surface area contributed by atoms with E-state index in [1.807, 2.05) is 0 Å². The van der Waals surface area contributed by atoms with Crippen molar-refractivity contribution in [2.24, 2.45) is 0 Å². The Morgan fingerprint density at radius 3 is 1.21 bits per heavy atom. The highest BCUT2D eigenvalue weighted by atomic mass is 19.4. The van der Waals surface area contributed by atoms with Crippen LogP contribution in [0.4, 0.5) is 30.7 Å². The van der Waals surface area contributed by atoms with Crippen molar-refractivity contribution >= 4 is 0 Å². The van der Waals surface area contributed by atoms with Gasteiger partial charge in [-0.2, -0.15) is 30.7 Å². The van der Waals surface area contributed by atoms with E-state index in [9.17, 15) is 30.7 Å². The summed E-state index contributed by atoms with van der Waals surface area (Å²) in [5.74, 6) is -2.36. The highest BCUT2D eigenvalue weighted by molar-refractivity contribution is 5.18. The summed E-state index contributed by atoms with van der Waals surface area (Å²) in [4.78, 5) is 0.107. The molecule has 0 radical (unpaired) electrons. The lowest BCUT2D eigenvalue weighted by Gasteiger charge is -2.19. The van der Waals surface area contributed by atoms with E-state index in [-0.39, 0.29) is 4.90 Å². The fraction of sp³-hybridized carbons (Fsp3) is 0.667. The minimum Gasteiger partial charge on any atom is -0.354 e. The van der Waals surface area contributed by atoms with Crippen molar-refractivity contribution < 1.29 is 30.7 Å². The van der Waals surface area contributed by atoms with Crippen molar-refractivity contribution in [1.29, 1.82) is 0 Å². The van der Waals surface area contributed by atoms with E-state index in [0.29, 0.717) is 0 Å². The molecule has 0 saturated heterocycles. The first-order valence-corrected chi connectivity index (χ1v) is 3.19. The molecule has 0 aliphatic rings. The molecule has 84 valence electrons. The molecule has 0 aromatic heterocycles. The third kappa shape index (κ3) is 3.08. The van der Waals surface area contributed by atoms with Gasteiger partial charge in [-0.1, -0.05) is 0 Å². The molecule has 0 fully saturated rings. The minimum atomic E-state index is -5.76. The first-order valence-electron chi connectivity index (χ1n) is 3.19. The lowest BCUT2D eigenvalue weighted by Crippen LogP contribution is -2.30. The van der Waals surface area contributed by atoms with Gasteiger partial charge in [-0.05, 0) is 0 Å². The Morgan fingerprint density at radius 2 is 1.14 bits per heavy atom. The summed E-state index contributed by atoms with van der Waals surface area (Å²) in [6.45, 7) is 0. The molecule has 0 aromatic rings. The molecule has 0 saturated carbocycles. The van der Waals surface area contributed by atoms with Crippen LogP contribution >= 0.6 is 0 Å². The van der Waals surface area contributed by atoms with Gasteiger partial charge in [-0.15, -0.1) is 0 Å². The zero-order chi connectivity index (χ0) is 11.7. The first-order chi connectivity index (χ1) is 5.98. The summed E-state index contributed by atoms with van der Waals surface area (Å²) >= 11 is 0. The Balaban J connectivity index is 5.46. The van der Waals surface area contributed by atoms with E-state index in [4.69, 9.17) is 0 Å². The fourth-order valence-corrected chi connectivity index (χ4v) is 0.618. The maximum absolute atomic E-state index is 12.5. The molecule has 0 rings (SSSR count).